The molecule has 3 N–H and O–H groups in total. The third-order valence-electron chi connectivity index (χ3n) is 5.74. The van der Waals surface area contributed by atoms with Crippen LogP contribution in [0.3, 0.4) is 0 Å². The van der Waals surface area contributed by atoms with Crippen LogP contribution in [0.15, 0.2) is 18.2 Å². The molecule has 0 aromatic heterocycles. The molecule has 0 bridgehead atoms. The molecular weight excluding hydrogens is 405 g/mol. The van der Waals surface area contributed by atoms with Gasteiger partial charge in [-0.15, -0.1) is 0 Å². The Balaban J connectivity index is 1.64. The molecule has 2 saturated heterocycles. The van der Waals surface area contributed by atoms with Gasteiger partial charge in [0.15, 0.2) is 0 Å². The number of likely N-dealkylation sites (tertiary alicyclic amines) is 1. The van der Waals surface area contributed by atoms with Gasteiger partial charge in [-0.1, -0.05) is 12.1 Å². The predicted octanol–water partition coefficient (Wildman–Crippen LogP) is 0.552. The molecule has 1 aromatic rings. The maximum absolute atomic E-state index is 13.4. The second-order valence-corrected chi connectivity index (χ2v) is 7.77. The molecule has 3 atom stereocenters. The summed E-state index contributed by atoms with van der Waals surface area (Å²) in [5.74, 6) is -2.67. The van der Waals surface area contributed by atoms with E-state index in [0.717, 1.165) is 9.80 Å². The number of hydrogen-bond acceptors (Lipinski definition) is 6. The van der Waals surface area contributed by atoms with E-state index in [9.17, 15) is 32.3 Å². The zero-order valence-corrected chi connectivity index (χ0v) is 15.7. The van der Waals surface area contributed by atoms with Gasteiger partial charge in [0.1, 0.15) is 12.1 Å². The lowest BCUT2D eigenvalue weighted by atomic mass is 10.0. The highest BCUT2D eigenvalue weighted by Gasteiger charge is 2.49. The molecule has 0 saturated carbocycles. The third-order valence-corrected chi connectivity index (χ3v) is 5.74. The number of piperidine rings is 1. The Hall–Kier alpha value is -2.79. The molecular formula is C19H19F3N4O4. The van der Waals surface area contributed by atoms with E-state index in [0.29, 0.717) is 0 Å². The molecule has 160 valence electrons. The quantitative estimate of drug-likeness (QED) is 0.686. The van der Waals surface area contributed by atoms with Crippen molar-refractivity contribution >= 4 is 23.6 Å². The van der Waals surface area contributed by atoms with Crippen molar-refractivity contribution < 1.29 is 32.3 Å². The molecule has 3 aliphatic rings. The number of halogens is 3. The van der Waals surface area contributed by atoms with Crippen LogP contribution in [0.2, 0.25) is 0 Å². The molecule has 4 rings (SSSR count). The Morgan fingerprint density at radius 1 is 1.13 bits per heavy atom. The molecule has 0 aliphatic carbocycles. The maximum atomic E-state index is 13.4. The van der Waals surface area contributed by atoms with Gasteiger partial charge in [0.05, 0.1) is 11.1 Å². The highest BCUT2D eigenvalue weighted by molar-refractivity contribution is 6.24. The largest absolute Gasteiger partial charge is 0.404 e. The van der Waals surface area contributed by atoms with E-state index in [1.807, 2.05) is 0 Å². The van der Waals surface area contributed by atoms with Gasteiger partial charge in [-0.3, -0.25) is 34.3 Å². The summed E-state index contributed by atoms with van der Waals surface area (Å²) in [6, 6.07) is 0.877. The van der Waals surface area contributed by atoms with Crippen molar-refractivity contribution in [3.8, 4) is 0 Å². The van der Waals surface area contributed by atoms with E-state index in [1.165, 1.54) is 18.2 Å². The summed E-state index contributed by atoms with van der Waals surface area (Å²) in [5, 5.41) is 2.10. The minimum absolute atomic E-state index is 0.00257. The number of imide groups is 2. The van der Waals surface area contributed by atoms with Crippen LogP contribution < -0.4 is 11.1 Å². The number of amides is 4. The van der Waals surface area contributed by atoms with Crippen LogP contribution in [0.1, 0.15) is 45.5 Å². The van der Waals surface area contributed by atoms with Gasteiger partial charge < -0.3 is 5.73 Å². The number of hydrogen-bond donors (Lipinski definition) is 2. The first-order valence-electron chi connectivity index (χ1n) is 9.47. The summed E-state index contributed by atoms with van der Waals surface area (Å²) >= 11 is 0. The van der Waals surface area contributed by atoms with E-state index < -0.39 is 47.9 Å². The van der Waals surface area contributed by atoms with Gasteiger partial charge in [0.25, 0.3) is 11.8 Å². The first-order valence-corrected chi connectivity index (χ1v) is 9.47. The predicted molar refractivity (Wildman–Crippen MR) is 96.0 cm³/mol. The minimum Gasteiger partial charge on any atom is -0.326 e. The van der Waals surface area contributed by atoms with Gasteiger partial charge in [-0.05, 0) is 24.5 Å². The van der Waals surface area contributed by atoms with Crippen LogP contribution in [0.25, 0.3) is 0 Å². The molecule has 11 heteroatoms. The highest BCUT2D eigenvalue weighted by atomic mass is 19.4. The zero-order valence-electron chi connectivity index (χ0n) is 15.7. The van der Waals surface area contributed by atoms with Crippen molar-refractivity contribution in [3.05, 3.63) is 34.9 Å². The van der Waals surface area contributed by atoms with E-state index in [-0.39, 0.29) is 49.0 Å². The first kappa shape index (κ1) is 20.5. The Morgan fingerprint density at radius 3 is 2.53 bits per heavy atom. The number of carbonyl (C=O) groups is 4. The third kappa shape index (κ3) is 3.37. The summed E-state index contributed by atoms with van der Waals surface area (Å²) in [6.45, 7) is -0.198. The number of rotatable bonds is 3. The standard InChI is InChI=1S/C19H19F3N4O4/c20-19(21,22)13-6-10(23)8-25(13)7-9-2-1-3-11-15(9)18(30)26(17(11)29)12-4-5-14(27)24-16(12)28/h1-3,10,12-13H,4-8,23H2,(H,24,27,28)/t10-,12?,13+/m0/s1. The smallest absolute Gasteiger partial charge is 0.326 e. The van der Waals surface area contributed by atoms with E-state index in [2.05, 4.69) is 5.32 Å². The van der Waals surface area contributed by atoms with Gasteiger partial charge in [0, 0.05) is 25.6 Å². The van der Waals surface area contributed by atoms with Crippen molar-refractivity contribution in [2.75, 3.05) is 6.54 Å². The lowest BCUT2D eigenvalue weighted by Gasteiger charge is -2.28. The lowest BCUT2D eigenvalue weighted by Crippen LogP contribution is -2.54. The van der Waals surface area contributed by atoms with Crippen LogP contribution in [0, 0.1) is 0 Å². The number of carbonyl (C=O) groups excluding carboxylic acids is 4. The summed E-state index contributed by atoms with van der Waals surface area (Å²) in [7, 11) is 0. The van der Waals surface area contributed by atoms with Crippen molar-refractivity contribution in [2.24, 2.45) is 5.73 Å². The summed E-state index contributed by atoms with van der Waals surface area (Å²) in [5.41, 5.74) is 6.03. The topological polar surface area (TPSA) is 113 Å². The molecule has 2 fully saturated rings. The number of fused-ring (bicyclic) bond motifs is 1. The van der Waals surface area contributed by atoms with Gasteiger partial charge in [-0.2, -0.15) is 13.2 Å². The average Bonchev–Trinajstić information content (AvgIpc) is 3.14. The van der Waals surface area contributed by atoms with Crippen molar-refractivity contribution in [3.63, 3.8) is 0 Å². The number of alkyl halides is 3. The molecule has 1 aromatic carbocycles. The van der Waals surface area contributed by atoms with Crippen molar-refractivity contribution in [1.29, 1.82) is 0 Å². The highest BCUT2D eigenvalue weighted by Crippen LogP contribution is 2.35. The Labute approximate surface area is 169 Å². The van der Waals surface area contributed by atoms with E-state index in [4.69, 9.17) is 5.73 Å². The zero-order chi connectivity index (χ0) is 21.8. The number of nitrogens with one attached hydrogen (secondary N) is 1. The van der Waals surface area contributed by atoms with Crippen molar-refractivity contribution in [2.45, 2.75) is 50.1 Å². The van der Waals surface area contributed by atoms with Gasteiger partial charge >= 0.3 is 6.18 Å². The van der Waals surface area contributed by atoms with Crippen molar-refractivity contribution in [1.82, 2.24) is 15.1 Å². The van der Waals surface area contributed by atoms with Crippen LogP contribution in [-0.4, -0.2) is 64.3 Å². The monoisotopic (exact) mass is 424 g/mol. The SMILES string of the molecule is N[C@H]1C[C@H](C(F)(F)F)N(Cc2cccc3c2C(=O)N(C2CCC(=O)NC2=O)C3=O)C1. The van der Waals surface area contributed by atoms with Gasteiger partial charge in [0.2, 0.25) is 11.8 Å². The summed E-state index contributed by atoms with van der Waals surface area (Å²) in [6.07, 6.45) is -4.73. The summed E-state index contributed by atoms with van der Waals surface area (Å²) < 4.78 is 40.1. The summed E-state index contributed by atoms with van der Waals surface area (Å²) in [4.78, 5) is 51.4. The number of benzene rings is 1. The molecule has 3 heterocycles. The van der Waals surface area contributed by atoms with E-state index >= 15 is 0 Å². The Kier molecular flexibility index (Phi) is 4.89. The minimum atomic E-state index is -4.47. The number of nitrogens with zero attached hydrogens (tertiary/aromatic N) is 2. The fraction of sp³-hybridized carbons (Fsp3) is 0.474. The molecule has 0 spiro atoms. The molecule has 8 nitrogen and oxygen atoms in total. The second-order valence-electron chi connectivity index (χ2n) is 7.77. The molecule has 0 radical (unpaired) electrons. The second kappa shape index (κ2) is 7.17. The van der Waals surface area contributed by atoms with Crippen LogP contribution in [0.5, 0.6) is 0 Å². The first-order chi connectivity index (χ1) is 14.1. The number of nitrogens with two attached hydrogens (primary N) is 1. The van der Waals surface area contributed by atoms with Crippen LogP contribution in [-0.2, 0) is 16.1 Å². The van der Waals surface area contributed by atoms with Crippen LogP contribution in [0.4, 0.5) is 13.2 Å². The molecule has 30 heavy (non-hydrogen) atoms. The van der Waals surface area contributed by atoms with Gasteiger partial charge in [-0.25, -0.2) is 0 Å². The lowest BCUT2D eigenvalue weighted by molar-refractivity contribution is -0.177. The molecule has 4 amide bonds. The Morgan fingerprint density at radius 2 is 1.87 bits per heavy atom. The normalized spacial score (nSPS) is 27.6. The fourth-order valence-corrected chi connectivity index (χ4v) is 4.39. The average molecular weight is 424 g/mol. The maximum Gasteiger partial charge on any atom is 0.404 e. The fourth-order valence-electron chi connectivity index (χ4n) is 4.39. The van der Waals surface area contributed by atoms with Crippen LogP contribution >= 0.6 is 0 Å². The Bertz CT molecular complexity index is 948. The van der Waals surface area contributed by atoms with E-state index in [1.54, 1.807) is 0 Å². The molecule has 3 aliphatic heterocycles. The molecule has 1 unspecified atom stereocenters.